The van der Waals surface area contributed by atoms with Gasteiger partial charge in [0.05, 0.1) is 5.69 Å². The van der Waals surface area contributed by atoms with Crippen LogP contribution in [-0.4, -0.2) is 38.2 Å². The van der Waals surface area contributed by atoms with Crippen LogP contribution in [0.5, 0.6) is 0 Å². The van der Waals surface area contributed by atoms with Crippen LogP contribution in [-0.2, 0) is 18.3 Å². The lowest BCUT2D eigenvalue weighted by molar-refractivity contribution is -0.132. The van der Waals surface area contributed by atoms with E-state index < -0.39 is 0 Å². The van der Waals surface area contributed by atoms with Gasteiger partial charge in [0.15, 0.2) is 0 Å². The normalized spacial score (nSPS) is 16.7. The molecule has 2 aromatic carbocycles. The van der Waals surface area contributed by atoms with Crippen LogP contribution in [0.1, 0.15) is 36.6 Å². The fourth-order valence-corrected chi connectivity index (χ4v) is 4.04. The van der Waals surface area contributed by atoms with E-state index in [2.05, 4.69) is 17.2 Å². The van der Waals surface area contributed by atoms with Gasteiger partial charge < -0.3 is 4.90 Å². The van der Waals surface area contributed by atoms with Crippen molar-refractivity contribution in [1.82, 2.24) is 19.2 Å². The zero-order valence-electron chi connectivity index (χ0n) is 16.7. The quantitative estimate of drug-likeness (QED) is 0.673. The molecule has 29 heavy (non-hydrogen) atoms. The van der Waals surface area contributed by atoms with Gasteiger partial charge in [0.2, 0.25) is 5.91 Å². The number of para-hydroxylation sites is 1. The molecule has 6 nitrogen and oxygen atoms in total. The molecular weight excluding hydrogens is 364 g/mol. The van der Waals surface area contributed by atoms with Crippen LogP contribution in [0.4, 0.5) is 0 Å². The summed E-state index contributed by atoms with van der Waals surface area (Å²) in [6.07, 6.45) is 3.09. The first-order valence-electron chi connectivity index (χ1n) is 10.2. The molecule has 1 amide bonds. The molecule has 1 aromatic heterocycles. The summed E-state index contributed by atoms with van der Waals surface area (Å²) in [7, 11) is 1.68. The molecule has 2 heterocycles. The number of carbonyl (C=O) groups excluding carboxylic acids is 1. The second-order valence-electron chi connectivity index (χ2n) is 7.60. The zero-order valence-corrected chi connectivity index (χ0v) is 16.7. The first kappa shape index (κ1) is 19.2. The molecule has 3 aromatic rings. The molecule has 1 aliphatic heterocycles. The molecule has 0 aliphatic carbocycles. The molecule has 0 bridgehead atoms. The molecule has 0 unspecified atom stereocenters. The second-order valence-corrected chi connectivity index (χ2v) is 7.60. The lowest BCUT2D eigenvalue weighted by Crippen LogP contribution is -2.40. The van der Waals surface area contributed by atoms with Crippen molar-refractivity contribution in [2.75, 3.05) is 13.1 Å². The van der Waals surface area contributed by atoms with E-state index in [1.54, 1.807) is 11.6 Å². The minimum absolute atomic E-state index is 0.0542. The number of hydrogen-bond donors (Lipinski definition) is 0. The number of rotatable bonds is 5. The second kappa shape index (κ2) is 8.47. The fraction of sp³-hybridized carbons (Fsp3) is 0.348. The van der Waals surface area contributed by atoms with Crippen LogP contribution in [0.25, 0.3) is 5.69 Å². The maximum Gasteiger partial charge on any atom is 0.350 e. The Morgan fingerprint density at radius 2 is 1.76 bits per heavy atom. The third-order valence-electron chi connectivity index (χ3n) is 5.57. The Morgan fingerprint density at radius 3 is 2.48 bits per heavy atom. The molecule has 0 saturated carbocycles. The number of benzene rings is 2. The van der Waals surface area contributed by atoms with E-state index in [1.165, 1.54) is 10.2 Å². The molecular formula is C23H26N4O2. The molecule has 1 aliphatic rings. The van der Waals surface area contributed by atoms with E-state index in [9.17, 15) is 9.59 Å². The Labute approximate surface area is 170 Å². The van der Waals surface area contributed by atoms with Crippen molar-refractivity contribution in [3.05, 3.63) is 82.5 Å². The van der Waals surface area contributed by atoms with Gasteiger partial charge in [-0.3, -0.25) is 4.79 Å². The predicted molar refractivity (Wildman–Crippen MR) is 112 cm³/mol. The van der Waals surface area contributed by atoms with Crippen molar-refractivity contribution in [3.8, 4) is 5.69 Å². The molecule has 150 valence electrons. The molecule has 6 heteroatoms. The fourth-order valence-electron chi connectivity index (χ4n) is 4.04. The van der Waals surface area contributed by atoms with E-state index in [1.807, 2.05) is 53.4 Å². The smallest absolute Gasteiger partial charge is 0.342 e. The molecule has 0 spiro atoms. The van der Waals surface area contributed by atoms with Crippen LogP contribution < -0.4 is 5.69 Å². The lowest BCUT2D eigenvalue weighted by Gasteiger charge is -2.32. The van der Waals surface area contributed by atoms with E-state index in [0.717, 1.165) is 37.3 Å². The summed E-state index contributed by atoms with van der Waals surface area (Å²) in [4.78, 5) is 27.4. The highest BCUT2D eigenvalue weighted by Gasteiger charge is 2.29. The Kier molecular flexibility index (Phi) is 5.60. The Balaban J connectivity index is 1.51. The Bertz CT molecular complexity index is 1020. The number of nitrogens with zero attached hydrogens (tertiary/aromatic N) is 4. The third-order valence-corrected chi connectivity index (χ3v) is 5.57. The van der Waals surface area contributed by atoms with E-state index >= 15 is 0 Å². The Hall–Kier alpha value is -3.15. The van der Waals surface area contributed by atoms with Gasteiger partial charge in [-0.05, 0) is 37.0 Å². The van der Waals surface area contributed by atoms with Crippen molar-refractivity contribution < 1.29 is 4.79 Å². The number of carbonyl (C=O) groups is 1. The monoisotopic (exact) mass is 390 g/mol. The molecule has 1 saturated heterocycles. The Morgan fingerprint density at radius 1 is 1.07 bits per heavy atom. The van der Waals surface area contributed by atoms with Gasteiger partial charge in [0, 0.05) is 32.5 Å². The van der Waals surface area contributed by atoms with Gasteiger partial charge in [-0.25, -0.2) is 14.0 Å². The highest BCUT2D eigenvalue weighted by molar-refractivity contribution is 5.76. The first-order valence-corrected chi connectivity index (χ1v) is 10.2. The predicted octanol–water partition coefficient (Wildman–Crippen LogP) is 2.91. The largest absolute Gasteiger partial charge is 0.350 e. The van der Waals surface area contributed by atoms with Crippen LogP contribution in [0.2, 0.25) is 0 Å². The van der Waals surface area contributed by atoms with Gasteiger partial charge in [0.1, 0.15) is 5.82 Å². The summed E-state index contributed by atoms with van der Waals surface area (Å²) in [6, 6.07) is 19.7. The van der Waals surface area contributed by atoms with Crippen LogP contribution in [0, 0.1) is 0 Å². The van der Waals surface area contributed by atoms with E-state index in [4.69, 9.17) is 0 Å². The van der Waals surface area contributed by atoms with Crippen molar-refractivity contribution in [2.24, 2.45) is 7.05 Å². The van der Waals surface area contributed by atoms with E-state index in [0.29, 0.717) is 13.0 Å². The molecule has 1 fully saturated rings. The molecule has 0 N–H and O–H groups in total. The molecule has 4 rings (SSSR count). The zero-order chi connectivity index (χ0) is 20.2. The number of aromatic nitrogens is 3. The standard InChI is InChI=1S/C23H26N4O2/c1-25-23(29)27(20-12-6-3-7-13-20)22(24-25)19-11-8-16-26(17-19)21(28)15-14-18-9-4-2-5-10-18/h2-7,9-10,12-13,19H,8,11,14-17H2,1H3/t19-/m1/s1. The highest BCUT2D eigenvalue weighted by atomic mass is 16.2. The minimum Gasteiger partial charge on any atom is -0.342 e. The summed E-state index contributed by atoms with van der Waals surface area (Å²) in [5, 5.41) is 4.53. The van der Waals surface area contributed by atoms with Crippen molar-refractivity contribution in [3.63, 3.8) is 0 Å². The van der Waals surface area contributed by atoms with Gasteiger partial charge in [0.25, 0.3) is 0 Å². The SMILES string of the molecule is Cn1nc([C@@H]2CCCN(C(=O)CCc3ccccc3)C2)n(-c2ccccc2)c1=O. The third kappa shape index (κ3) is 4.16. The summed E-state index contributed by atoms with van der Waals surface area (Å²) in [6.45, 7) is 1.38. The average molecular weight is 390 g/mol. The maximum absolute atomic E-state index is 12.8. The van der Waals surface area contributed by atoms with Crippen molar-refractivity contribution >= 4 is 5.91 Å². The van der Waals surface area contributed by atoms with E-state index in [-0.39, 0.29) is 17.5 Å². The minimum atomic E-state index is -0.154. The lowest BCUT2D eigenvalue weighted by atomic mass is 9.96. The van der Waals surface area contributed by atoms with Gasteiger partial charge in [-0.1, -0.05) is 48.5 Å². The van der Waals surface area contributed by atoms with Crippen LogP contribution in [0.3, 0.4) is 0 Å². The van der Waals surface area contributed by atoms with Gasteiger partial charge in [-0.15, -0.1) is 0 Å². The summed E-state index contributed by atoms with van der Waals surface area (Å²) >= 11 is 0. The summed E-state index contributed by atoms with van der Waals surface area (Å²) in [5.41, 5.74) is 1.84. The number of amides is 1. The number of aryl methyl sites for hydroxylation is 2. The number of hydrogen-bond acceptors (Lipinski definition) is 3. The topological polar surface area (TPSA) is 60.1 Å². The summed E-state index contributed by atoms with van der Waals surface area (Å²) < 4.78 is 3.07. The van der Waals surface area contributed by atoms with Crippen LogP contribution >= 0.6 is 0 Å². The van der Waals surface area contributed by atoms with Crippen molar-refractivity contribution in [1.29, 1.82) is 0 Å². The number of piperidine rings is 1. The number of likely N-dealkylation sites (tertiary alicyclic amines) is 1. The molecule has 0 radical (unpaired) electrons. The van der Waals surface area contributed by atoms with Gasteiger partial charge >= 0.3 is 5.69 Å². The van der Waals surface area contributed by atoms with Crippen molar-refractivity contribution in [2.45, 2.75) is 31.6 Å². The first-order chi connectivity index (χ1) is 14.1. The summed E-state index contributed by atoms with van der Waals surface area (Å²) in [5.74, 6) is 0.964. The van der Waals surface area contributed by atoms with Crippen LogP contribution in [0.15, 0.2) is 65.5 Å². The molecule has 1 atom stereocenters. The highest BCUT2D eigenvalue weighted by Crippen LogP contribution is 2.27. The average Bonchev–Trinajstić information content (AvgIpc) is 3.08. The maximum atomic E-state index is 12.8. The van der Waals surface area contributed by atoms with Gasteiger partial charge in [-0.2, -0.15) is 5.10 Å².